The van der Waals surface area contributed by atoms with E-state index in [9.17, 15) is 9.18 Å². The van der Waals surface area contributed by atoms with Crippen molar-refractivity contribution in [1.82, 2.24) is 14.9 Å². The molecule has 2 aromatic rings. The molecule has 0 aliphatic carbocycles. The van der Waals surface area contributed by atoms with Crippen LogP contribution in [0.25, 0.3) is 11.0 Å². The number of nitrogens with one attached hydrogen (secondary N) is 1. The predicted octanol–water partition coefficient (Wildman–Crippen LogP) is 0.838. The first-order chi connectivity index (χ1) is 9.13. The summed E-state index contributed by atoms with van der Waals surface area (Å²) in [6.45, 7) is 0.821. The second kappa shape index (κ2) is 4.62. The van der Waals surface area contributed by atoms with Crippen molar-refractivity contribution < 1.29 is 14.3 Å². The molecule has 0 spiro atoms. The van der Waals surface area contributed by atoms with E-state index in [4.69, 9.17) is 5.11 Å². The first-order valence-electron chi connectivity index (χ1n) is 6.22. The van der Waals surface area contributed by atoms with Crippen LogP contribution in [0.15, 0.2) is 18.2 Å². The fourth-order valence-electron chi connectivity index (χ4n) is 2.21. The third-order valence-corrected chi connectivity index (χ3v) is 3.30. The number of aryl methyl sites for hydroxylation is 1. The zero-order valence-corrected chi connectivity index (χ0v) is 10.3. The van der Waals surface area contributed by atoms with Gasteiger partial charge in [0.05, 0.1) is 11.6 Å². The number of halogens is 1. The number of hydrogen-bond donors (Lipinski definition) is 2. The molecule has 1 aliphatic rings. The summed E-state index contributed by atoms with van der Waals surface area (Å²) in [4.78, 5) is 20.5. The largest absolute Gasteiger partial charge is 0.389 e. The third-order valence-electron chi connectivity index (χ3n) is 3.30. The van der Waals surface area contributed by atoms with Gasteiger partial charge in [-0.1, -0.05) is 6.07 Å². The van der Waals surface area contributed by atoms with Gasteiger partial charge in [0.25, 0.3) is 0 Å². The number of H-pyrrole nitrogens is 1. The van der Waals surface area contributed by atoms with Gasteiger partial charge < -0.3 is 15.0 Å². The van der Waals surface area contributed by atoms with E-state index in [-0.39, 0.29) is 17.8 Å². The van der Waals surface area contributed by atoms with Crippen molar-refractivity contribution in [2.24, 2.45) is 0 Å². The van der Waals surface area contributed by atoms with Crippen LogP contribution >= 0.6 is 0 Å². The van der Waals surface area contributed by atoms with Gasteiger partial charge >= 0.3 is 0 Å². The number of aromatic amines is 1. The van der Waals surface area contributed by atoms with Crippen LogP contribution in [0.3, 0.4) is 0 Å². The maximum atomic E-state index is 13.4. The van der Waals surface area contributed by atoms with E-state index in [1.54, 1.807) is 17.0 Å². The highest BCUT2D eigenvalue weighted by Crippen LogP contribution is 2.16. The number of rotatable bonds is 3. The highest BCUT2D eigenvalue weighted by molar-refractivity contribution is 5.78. The number of nitrogens with zero attached hydrogens (tertiary/aromatic N) is 2. The second-order valence-electron chi connectivity index (χ2n) is 4.77. The summed E-state index contributed by atoms with van der Waals surface area (Å²) in [7, 11) is 0. The SMILES string of the molecule is O=C(CCc1nc2c(F)cccc2[nH]1)N1CC(O)C1. The Morgan fingerprint density at radius 1 is 1.53 bits per heavy atom. The number of para-hydroxylation sites is 1. The maximum Gasteiger partial charge on any atom is 0.223 e. The van der Waals surface area contributed by atoms with E-state index in [0.717, 1.165) is 0 Å². The highest BCUT2D eigenvalue weighted by Gasteiger charge is 2.28. The molecule has 0 unspecified atom stereocenters. The van der Waals surface area contributed by atoms with Crippen LogP contribution in [0, 0.1) is 5.82 Å². The first-order valence-corrected chi connectivity index (χ1v) is 6.22. The minimum Gasteiger partial charge on any atom is -0.389 e. The molecule has 0 radical (unpaired) electrons. The Labute approximate surface area is 109 Å². The predicted molar refractivity (Wildman–Crippen MR) is 67.0 cm³/mol. The molecular weight excluding hydrogens is 249 g/mol. The number of carbonyl (C=O) groups is 1. The van der Waals surface area contributed by atoms with Crippen molar-refractivity contribution in [3.05, 3.63) is 29.8 Å². The number of likely N-dealkylation sites (tertiary alicyclic amines) is 1. The number of benzene rings is 1. The number of aromatic nitrogens is 2. The van der Waals surface area contributed by atoms with Gasteiger partial charge in [-0.05, 0) is 12.1 Å². The van der Waals surface area contributed by atoms with Gasteiger partial charge in [-0.15, -0.1) is 0 Å². The molecule has 6 heteroatoms. The summed E-state index contributed by atoms with van der Waals surface area (Å²) in [5.41, 5.74) is 0.950. The molecule has 1 aromatic carbocycles. The number of fused-ring (bicyclic) bond motifs is 1. The molecule has 2 heterocycles. The van der Waals surface area contributed by atoms with E-state index >= 15 is 0 Å². The van der Waals surface area contributed by atoms with Crippen LogP contribution in [0.5, 0.6) is 0 Å². The van der Waals surface area contributed by atoms with Crippen molar-refractivity contribution in [1.29, 1.82) is 0 Å². The van der Waals surface area contributed by atoms with E-state index in [1.807, 2.05) is 0 Å². The topological polar surface area (TPSA) is 69.2 Å². The Morgan fingerprint density at radius 3 is 3.00 bits per heavy atom. The molecule has 0 atom stereocenters. The zero-order chi connectivity index (χ0) is 13.4. The number of aliphatic hydroxyl groups is 1. The number of amides is 1. The standard InChI is InChI=1S/C13H14FN3O2/c14-9-2-1-3-10-13(9)16-11(15-10)4-5-12(19)17-6-8(18)7-17/h1-3,8,18H,4-7H2,(H,15,16). The fourth-order valence-corrected chi connectivity index (χ4v) is 2.21. The van der Waals surface area contributed by atoms with Crippen LogP contribution in [0.4, 0.5) is 4.39 Å². The van der Waals surface area contributed by atoms with Crippen molar-refractivity contribution in [3.63, 3.8) is 0 Å². The monoisotopic (exact) mass is 263 g/mol. The molecule has 1 fully saturated rings. The van der Waals surface area contributed by atoms with Crippen LogP contribution in [-0.4, -0.2) is 45.1 Å². The minimum absolute atomic E-state index is 0.00812. The number of β-amino-alcohol motifs (C(OH)–C–C–N with tert-alkyl or cyclic N) is 1. The molecule has 1 saturated heterocycles. The lowest BCUT2D eigenvalue weighted by atomic mass is 10.1. The molecule has 0 bridgehead atoms. The average molecular weight is 263 g/mol. The molecule has 3 rings (SSSR count). The van der Waals surface area contributed by atoms with Gasteiger partial charge in [-0.3, -0.25) is 4.79 Å². The number of hydrogen-bond acceptors (Lipinski definition) is 3. The fraction of sp³-hybridized carbons (Fsp3) is 0.385. The lowest BCUT2D eigenvalue weighted by Gasteiger charge is -2.35. The minimum atomic E-state index is -0.385. The first kappa shape index (κ1) is 12.1. The van der Waals surface area contributed by atoms with Crippen LogP contribution in [-0.2, 0) is 11.2 Å². The molecule has 1 amide bonds. The molecule has 1 aliphatic heterocycles. The van der Waals surface area contributed by atoms with Crippen molar-refractivity contribution in [3.8, 4) is 0 Å². The van der Waals surface area contributed by atoms with E-state index < -0.39 is 0 Å². The molecule has 5 nitrogen and oxygen atoms in total. The molecule has 2 N–H and O–H groups in total. The number of carbonyl (C=O) groups excluding carboxylic acids is 1. The Morgan fingerprint density at radius 2 is 2.32 bits per heavy atom. The van der Waals surface area contributed by atoms with Gasteiger partial charge in [0.15, 0.2) is 5.82 Å². The van der Waals surface area contributed by atoms with Gasteiger partial charge in [-0.2, -0.15) is 0 Å². The van der Waals surface area contributed by atoms with E-state index in [2.05, 4.69) is 9.97 Å². The Kier molecular flexibility index (Phi) is 2.94. The lowest BCUT2D eigenvalue weighted by Crippen LogP contribution is -2.53. The smallest absolute Gasteiger partial charge is 0.223 e. The molecule has 19 heavy (non-hydrogen) atoms. The summed E-state index contributed by atoms with van der Waals surface area (Å²) in [5.74, 6) is 0.234. The van der Waals surface area contributed by atoms with Crippen LogP contribution in [0.2, 0.25) is 0 Å². The van der Waals surface area contributed by atoms with Gasteiger partial charge in [0, 0.05) is 25.9 Å². The van der Waals surface area contributed by atoms with Crippen LogP contribution < -0.4 is 0 Å². The summed E-state index contributed by atoms with van der Waals surface area (Å²) >= 11 is 0. The molecule has 1 aromatic heterocycles. The quantitative estimate of drug-likeness (QED) is 0.862. The van der Waals surface area contributed by atoms with Crippen molar-refractivity contribution >= 4 is 16.9 Å². The Bertz CT molecular complexity index is 619. The van der Waals surface area contributed by atoms with Gasteiger partial charge in [-0.25, -0.2) is 9.37 Å². The molecule has 0 saturated carbocycles. The summed E-state index contributed by atoms with van der Waals surface area (Å²) in [6.07, 6.45) is 0.373. The van der Waals surface area contributed by atoms with E-state index in [0.29, 0.717) is 42.8 Å². The lowest BCUT2D eigenvalue weighted by molar-refractivity contribution is -0.141. The Balaban J connectivity index is 1.65. The van der Waals surface area contributed by atoms with Crippen LogP contribution in [0.1, 0.15) is 12.2 Å². The average Bonchev–Trinajstić information content (AvgIpc) is 2.77. The molecular formula is C13H14FN3O2. The van der Waals surface area contributed by atoms with Gasteiger partial charge in [0.2, 0.25) is 5.91 Å². The normalized spacial score (nSPS) is 15.8. The zero-order valence-electron chi connectivity index (χ0n) is 10.3. The number of aliphatic hydroxyl groups excluding tert-OH is 1. The van der Waals surface area contributed by atoms with Crippen molar-refractivity contribution in [2.75, 3.05) is 13.1 Å². The van der Waals surface area contributed by atoms with Gasteiger partial charge in [0.1, 0.15) is 11.3 Å². The maximum absolute atomic E-state index is 13.4. The number of imidazole rings is 1. The van der Waals surface area contributed by atoms with Crippen molar-refractivity contribution in [2.45, 2.75) is 18.9 Å². The molecule has 100 valence electrons. The third kappa shape index (κ3) is 2.31. The summed E-state index contributed by atoms with van der Waals surface area (Å²) < 4.78 is 13.4. The summed E-state index contributed by atoms with van der Waals surface area (Å²) in [5, 5.41) is 9.12. The Hall–Kier alpha value is -1.95. The highest BCUT2D eigenvalue weighted by atomic mass is 19.1. The second-order valence-corrected chi connectivity index (χ2v) is 4.77. The van der Waals surface area contributed by atoms with E-state index in [1.165, 1.54) is 6.07 Å². The summed E-state index contributed by atoms with van der Waals surface area (Å²) in [6, 6.07) is 4.73.